The Hall–Kier alpha value is -1.55. The molecule has 1 heterocycles. The van der Waals surface area contributed by atoms with Crippen LogP contribution >= 0.6 is 11.3 Å². The maximum absolute atomic E-state index is 12.5. The van der Waals surface area contributed by atoms with Gasteiger partial charge in [0.05, 0.1) is 5.69 Å². The van der Waals surface area contributed by atoms with E-state index in [4.69, 9.17) is 5.73 Å². The maximum Gasteiger partial charge on any atom is 0.263 e. The molecule has 0 saturated heterocycles. The second kappa shape index (κ2) is 4.48. The Balaban J connectivity index is 1.93. The molecule has 0 aliphatic heterocycles. The van der Waals surface area contributed by atoms with E-state index in [2.05, 4.69) is 19.2 Å². The summed E-state index contributed by atoms with van der Waals surface area (Å²) in [7, 11) is 0. The fourth-order valence-electron chi connectivity index (χ4n) is 2.66. The number of aryl methyl sites for hydroxylation is 1. The summed E-state index contributed by atoms with van der Waals surface area (Å²) in [4.78, 5) is 13.1. The highest BCUT2D eigenvalue weighted by molar-refractivity contribution is 7.21. The summed E-state index contributed by atoms with van der Waals surface area (Å²) in [5, 5.41) is 4.13. The number of hydrogen-bond acceptors (Lipinski definition) is 3. The van der Waals surface area contributed by atoms with E-state index in [-0.39, 0.29) is 11.4 Å². The lowest BCUT2D eigenvalue weighted by Gasteiger charge is -2.25. The molecular formula is C16H20N2OS. The van der Waals surface area contributed by atoms with Gasteiger partial charge in [-0.25, -0.2) is 0 Å². The molecule has 3 nitrogen and oxygen atoms in total. The molecule has 0 unspecified atom stereocenters. The highest BCUT2D eigenvalue weighted by Crippen LogP contribution is 2.40. The van der Waals surface area contributed by atoms with Gasteiger partial charge in [-0.1, -0.05) is 11.6 Å². The van der Waals surface area contributed by atoms with Crippen molar-refractivity contribution in [3.63, 3.8) is 0 Å². The van der Waals surface area contributed by atoms with E-state index in [1.807, 2.05) is 25.1 Å². The van der Waals surface area contributed by atoms with E-state index in [1.165, 1.54) is 24.2 Å². The van der Waals surface area contributed by atoms with E-state index in [0.29, 0.717) is 16.5 Å². The summed E-state index contributed by atoms with van der Waals surface area (Å²) < 4.78 is 1.07. The number of benzene rings is 1. The van der Waals surface area contributed by atoms with Gasteiger partial charge in [0, 0.05) is 15.6 Å². The number of hydrogen-bond donors (Lipinski definition) is 2. The van der Waals surface area contributed by atoms with Gasteiger partial charge in [-0.2, -0.15) is 0 Å². The first-order chi connectivity index (χ1) is 9.38. The molecule has 0 bridgehead atoms. The molecule has 106 valence electrons. The van der Waals surface area contributed by atoms with Crippen molar-refractivity contribution < 1.29 is 4.79 Å². The van der Waals surface area contributed by atoms with Crippen LogP contribution in [0.4, 0.5) is 5.69 Å². The molecule has 4 heteroatoms. The molecule has 2 aromatic rings. The number of thiophene rings is 1. The lowest BCUT2D eigenvalue weighted by Crippen LogP contribution is -2.45. The molecule has 0 atom stereocenters. The predicted molar refractivity (Wildman–Crippen MR) is 85.2 cm³/mol. The Morgan fingerprint density at radius 3 is 2.75 bits per heavy atom. The average Bonchev–Trinajstić information content (AvgIpc) is 3.16. The van der Waals surface area contributed by atoms with Crippen LogP contribution in [0.2, 0.25) is 0 Å². The third-order valence-electron chi connectivity index (χ3n) is 4.12. The molecule has 1 aromatic heterocycles. The van der Waals surface area contributed by atoms with Crippen molar-refractivity contribution in [2.75, 3.05) is 5.73 Å². The summed E-state index contributed by atoms with van der Waals surface area (Å²) in [6, 6.07) is 6.13. The number of fused-ring (bicyclic) bond motifs is 1. The van der Waals surface area contributed by atoms with E-state index in [1.54, 1.807) is 0 Å². The van der Waals surface area contributed by atoms with Gasteiger partial charge in [-0.05, 0) is 51.7 Å². The molecule has 1 aromatic carbocycles. The van der Waals surface area contributed by atoms with Gasteiger partial charge in [0.1, 0.15) is 4.88 Å². The molecule has 1 amide bonds. The van der Waals surface area contributed by atoms with Crippen LogP contribution in [0.15, 0.2) is 18.2 Å². The summed E-state index contributed by atoms with van der Waals surface area (Å²) in [6.07, 6.45) is 2.41. The van der Waals surface area contributed by atoms with Crippen molar-refractivity contribution in [1.29, 1.82) is 0 Å². The third kappa shape index (κ3) is 2.29. The zero-order chi connectivity index (χ0) is 14.5. The molecule has 20 heavy (non-hydrogen) atoms. The molecule has 1 fully saturated rings. The minimum Gasteiger partial charge on any atom is -0.397 e. The number of anilines is 1. The van der Waals surface area contributed by atoms with Crippen LogP contribution in [0.3, 0.4) is 0 Å². The fourth-order valence-corrected chi connectivity index (χ4v) is 3.65. The second-order valence-corrected chi connectivity index (χ2v) is 7.35. The van der Waals surface area contributed by atoms with Gasteiger partial charge in [-0.3, -0.25) is 4.79 Å². The quantitative estimate of drug-likeness (QED) is 0.904. The second-order valence-electron chi connectivity index (χ2n) is 6.29. The van der Waals surface area contributed by atoms with Gasteiger partial charge in [-0.15, -0.1) is 11.3 Å². The Morgan fingerprint density at radius 1 is 1.40 bits per heavy atom. The fraction of sp³-hybridized carbons (Fsp3) is 0.438. The zero-order valence-corrected chi connectivity index (χ0v) is 12.9. The summed E-state index contributed by atoms with van der Waals surface area (Å²) in [5.74, 6) is 0.558. The lowest BCUT2D eigenvalue weighted by atomic mass is 9.98. The smallest absolute Gasteiger partial charge is 0.263 e. The van der Waals surface area contributed by atoms with Gasteiger partial charge in [0.25, 0.3) is 5.91 Å². The van der Waals surface area contributed by atoms with Crippen LogP contribution in [0.5, 0.6) is 0 Å². The Bertz CT molecular complexity index is 683. The van der Waals surface area contributed by atoms with Crippen molar-refractivity contribution in [3.8, 4) is 0 Å². The lowest BCUT2D eigenvalue weighted by molar-refractivity contribution is 0.0908. The highest BCUT2D eigenvalue weighted by Gasteiger charge is 2.39. The van der Waals surface area contributed by atoms with Crippen LogP contribution in [0.25, 0.3) is 10.1 Å². The number of nitrogens with two attached hydrogens (primary N) is 1. The van der Waals surface area contributed by atoms with Crippen molar-refractivity contribution in [2.45, 2.75) is 39.2 Å². The minimum atomic E-state index is -0.143. The van der Waals surface area contributed by atoms with Crippen LogP contribution in [-0.2, 0) is 0 Å². The number of carbonyl (C=O) groups excluding carboxylic acids is 1. The number of nitrogens with one attached hydrogen (secondary N) is 1. The largest absolute Gasteiger partial charge is 0.397 e. The Labute approximate surface area is 123 Å². The van der Waals surface area contributed by atoms with Crippen molar-refractivity contribution in [3.05, 3.63) is 28.6 Å². The number of rotatable bonds is 3. The third-order valence-corrected chi connectivity index (χ3v) is 5.31. The molecule has 0 radical (unpaired) electrons. The maximum atomic E-state index is 12.5. The van der Waals surface area contributed by atoms with Gasteiger partial charge >= 0.3 is 0 Å². The molecule has 1 saturated carbocycles. The van der Waals surface area contributed by atoms with Crippen LogP contribution in [-0.4, -0.2) is 11.4 Å². The van der Waals surface area contributed by atoms with E-state index < -0.39 is 0 Å². The molecule has 1 aliphatic carbocycles. The zero-order valence-electron chi connectivity index (χ0n) is 12.1. The van der Waals surface area contributed by atoms with E-state index in [9.17, 15) is 4.79 Å². The molecule has 3 rings (SSSR count). The Kier molecular flexibility index (Phi) is 3.01. The molecule has 0 spiro atoms. The van der Waals surface area contributed by atoms with Gasteiger partial charge in [0.2, 0.25) is 0 Å². The predicted octanol–water partition coefficient (Wildman–Crippen LogP) is 3.71. The van der Waals surface area contributed by atoms with Crippen LogP contribution in [0.1, 0.15) is 41.9 Å². The van der Waals surface area contributed by atoms with E-state index >= 15 is 0 Å². The summed E-state index contributed by atoms with van der Waals surface area (Å²) >= 11 is 1.48. The van der Waals surface area contributed by atoms with Crippen LogP contribution in [0, 0.1) is 12.8 Å². The van der Waals surface area contributed by atoms with Crippen molar-refractivity contribution in [2.24, 2.45) is 5.92 Å². The number of nitrogen functional groups attached to an aromatic ring is 1. The Morgan fingerprint density at radius 2 is 2.10 bits per heavy atom. The van der Waals surface area contributed by atoms with Gasteiger partial charge in [0.15, 0.2) is 0 Å². The van der Waals surface area contributed by atoms with Gasteiger partial charge < -0.3 is 11.1 Å². The molecule has 3 N–H and O–H groups in total. The standard InChI is InChI=1S/C16H20N2OS/c1-9-4-7-12-11(8-9)13(17)14(20-12)15(19)18-16(2,3)10-5-6-10/h4,7-8,10H,5-6,17H2,1-3H3,(H,18,19). The molecular weight excluding hydrogens is 268 g/mol. The highest BCUT2D eigenvalue weighted by atomic mass is 32.1. The monoisotopic (exact) mass is 288 g/mol. The SMILES string of the molecule is Cc1ccc2sc(C(=O)NC(C)(C)C3CC3)c(N)c2c1. The topological polar surface area (TPSA) is 55.1 Å². The normalized spacial score (nSPS) is 15.6. The summed E-state index contributed by atoms with van der Waals surface area (Å²) in [6.45, 7) is 6.22. The minimum absolute atomic E-state index is 0.0433. The van der Waals surface area contributed by atoms with Crippen molar-refractivity contribution in [1.82, 2.24) is 5.32 Å². The first-order valence-corrected chi connectivity index (χ1v) is 7.81. The first kappa shape index (κ1) is 13.4. The molecule has 1 aliphatic rings. The summed E-state index contributed by atoms with van der Waals surface area (Å²) in [5.41, 5.74) is 7.79. The first-order valence-electron chi connectivity index (χ1n) is 6.99. The van der Waals surface area contributed by atoms with Crippen LogP contribution < -0.4 is 11.1 Å². The van der Waals surface area contributed by atoms with E-state index in [0.717, 1.165) is 15.6 Å². The average molecular weight is 288 g/mol. The number of carbonyl (C=O) groups is 1. The van der Waals surface area contributed by atoms with Crippen molar-refractivity contribution >= 4 is 33.0 Å². The number of amides is 1.